The van der Waals surface area contributed by atoms with Gasteiger partial charge in [-0.25, -0.2) is 4.99 Å². The van der Waals surface area contributed by atoms with Gasteiger partial charge in [-0.2, -0.15) is 0 Å². The molecule has 5 nitrogen and oxygen atoms in total. The van der Waals surface area contributed by atoms with Gasteiger partial charge >= 0.3 is 0 Å². The second-order valence-electron chi connectivity index (χ2n) is 6.88. The van der Waals surface area contributed by atoms with Crippen LogP contribution < -0.4 is 16.6 Å². The van der Waals surface area contributed by atoms with E-state index in [9.17, 15) is 4.79 Å². The van der Waals surface area contributed by atoms with Crippen molar-refractivity contribution in [3.63, 3.8) is 0 Å². The highest BCUT2D eigenvalue weighted by Crippen LogP contribution is 2.07. The van der Waals surface area contributed by atoms with Crippen molar-refractivity contribution in [3.05, 3.63) is 70.1 Å². The lowest BCUT2D eigenvalue weighted by molar-refractivity contribution is 0.601. The normalized spacial score (nSPS) is 11.1. The van der Waals surface area contributed by atoms with Gasteiger partial charge in [0.15, 0.2) is 5.96 Å². The summed E-state index contributed by atoms with van der Waals surface area (Å²) in [5.41, 5.74) is 8.13. The molecule has 28 heavy (non-hydrogen) atoms. The molecule has 6 heteroatoms. The smallest absolute Gasteiger partial charge is 0.250 e. The van der Waals surface area contributed by atoms with Crippen LogP contribution in [-0.2, 0) is 13.1 Å². The van der Waals surface area contributed by atoms with Crippen molar-refractivity contribution in [1.29, 1.82) is 0 Å². The fraction of sp³-hybridized carbons (Fsp3) is 0.455. The van der Waals surface area contributed by atoms with Crippen molar-refractivity contribution >= 4 is 29.9 Å². The topological polar surface area (TPSA) is 72.4 Å². The van der Waals surface area contributed by atoms with Gasteiger partial charge in [-0.05, 0) is 23.6 Å². The Kier molecular flexibility index (Phi) is 12.3. The van der Waals surface area contributed by atoms with Crippen LogP contribution in [0.2, 0.25) is 0 Å². The lowest BCUT2D eigenvalue weighted by atomic mass is 10.1. The number of nitrogens with one attached hydrogen (secondary N) is 1. The van der Waals surface area contributed by atoms with E-state index in [2.05, 4.69) is 17.2 Å². The summed E-state index contributed by atoms with van der Waals surface area (Å²) in [5, 5.41) is 3.18. The minimum absolute atomic E-state index is 0. The lowest BCUT2D eigenvalue weighted by Crippen LogP contribution is -2.32. The van der Waals surface area contributed by atoms with Crippen molar-refractivity contribution in [3.8, 4) is 0 Å². The van der Waals surface area contributed by atoms with Crippen molar-refractivity contribution in [1.82, 2.24) is 9.88 Å². The molecule has 0 saturated carbocycles. The van der Waals surface area contributed by atoms with Gasteiger partial charge in [0, 0.05) is 18.8 Å². The number of nitrogens with two attached hydrogens (primary N) is 1. The molecule has 0 aliphatic carbocycles. The summed E-state index contributed by atoms with van der Waals surface area (Å²) in [4.78, 5) is 16.2. The van der Waals surface area contributed by atoms with Crippen molar-refractivity contribution in [2.45, 2.75) is 58.5 Å². The second kappa shape index (κ2) is 14.2. The molecular formula is C22H33IN4O. The average molecular weight is 496 g/mol. The number of hydrogen-bond acceptors (Lipinski definition) is 2. The first-order chi connectivity index (χ1) is 13.2. The Morgan fingerprint density at radius 2 is 1.68 bits per heavy atom. The lowest BCUT2D eigenvalue weighted by Gasteiger charge is -2.07. The number of pyridine rings is 1. The molecule has 0 aliphatic heterocycles. The molecule has 1 aromatic heterocycles. The molecule has 0 aliphatic rings. The van der Waals surface area contributed by atoms with Gasteiger partial charge in [-0.1, -0.05) is 69.4 Å². The first-order valence-electron chi connectivity index (χ1n) is 9.96. The largest absolute Gasteiger partial charge is 0.370 e. The van der Waals surface area contributed by atoms with Crippen molar-refractivity contribution in [2.24, 2.45) is 10.7 Å². The zero-order chi connectivity index (χ0) is 19.3. The number of aromatic nitrogens is 1. The molecule has 154 valence electrons. The molecule has 0 fully saturated rings. The summed E-state index contributed by atoms with van der Waals surface area (Å²) in [5.74, 6) is 0.503. The molecule has 0 unspecified atom stereocenters. The molecule has 1 heterocycles. The van der Waals surface area contributed by atoms with E-state index in [0.29, 0.717) is 19.0 Å². The number of nitrogens with zero attached hydrogens (tertiary/aromatic N) is 2. The average Bonchev–Trinajstić information content (AvgIpc) is 2.68. The van der Waals surface area contributed by atoms with Crippen LogP contribution in [0, 0.1) is 0 Å². The van der Waals surface area contributed by atoms with Crippen LogP contribution in [0.25, 0.3) is 0 Å². The van der Waals surface area contributed by atoms with Gasteiger partial charge in [0.2, 0.25) is 0 Å². The van der Waals surface area contributed by atoms with Crippen LogP contribution in [-0.4, -0.2) is 17.1 Å². The van der Waals surface area contributed by atoms with E-state index < -0.39 is 0 Å². The Labute approximate surface area is 185 Å². The van der Waals surface area contributed by atoms with E-state index in [4.69, 9.17) is 5.73 Å². The third kappa shape index (κ3) is 9.39. The number of halogens is 1. The Bertz CT molecular complexity index is 756. The van der Waals surface area contributed by atoms with Gasteiger partial charge in [0.1, 0.15) is 0 Å². The predicted octanol–water partition coefficient (Wildman–Crippen LogP) is 4.28. The second-order valence-corrected chi connectivity index (χ2v) is 6.88. The highest BCUT2D eigenvalue weighted by Gasteiger charge is 1.99. The van der Waals surface area contributed by atoms with E-state index in [0.717, 1.165) is 24.1 Å². The van der Waals surface area contributed by atoms with Gasteiger partial charge in [0.25, 0.3) is 5.56 Å². The first kappa shape index (κ1) is 24.2. The third-order valence-corrected chi connectivity index (χ3v) is 4.54. The Morgan fingerprint density at radius 1 is 1.00 bits per heavy atom. The van der Waals surface area contributed by atoms with Crippen molar-refractivity contribution < 1.29 is 0 Å². The van der Waals surface area contributed by atoms with E-state index in [-0.39, 0.29) is 29.5 Å². The van der Waals surface area contributed by atoms with Crippen LogP contribution >= 0.6 is 24.0 Å². The number of hydrogen-bond donors (Lipinski definition) is 2. The summed E-state index contributed by atoms with van der Waals surface area (Å²) < 4.78 is 1.69. The zero-order valence-electron chi connectivity index (χ0n) is 16.8. The summed E-state index contributed by atoms with van der Waals surface area (Å²) in [6.07, 6.45) is 9.42. The van der Waals surface area contributed by atoms with Crippen LogP contribution in [0.3, 0.4) is 0 Å². The van der Waals surface area contributed by atoms with Crippen LogP contribution in [0.5, 0.6) is 0 Å². The van der Waals surface area contributed by atoms with Gasteiger partial charge < -0.3 is 15.6 Å². The van der Waals surface area contributed by atoms with Crippen molar-refractivity contribution in [2.75, 3.05) is 6.54 Å². The minimum atomic E-state index is 0. The number of unbranched alkanes of at least 4 members (excludes halogenated alkanes) is 5. The van der Waals surface area contributed by atoms with E-state index in [1.54, 1.807) is 22.9 Å². The Morgan fingerprint density at radius 3 is 2.39 bits per heavy atom. The summed E-state index contributed by atoms with van der Waals surface area (Å²) >= 11 is 0. The molecule has 0 saturated heterocycles. The summed E-state index contributed by atoms with van der Waals surface area (Å²) in [6.45, 7) is 4.25. The molecule has 0 spiro atoms. The molecule has 0 amide bonds. The SMILES string of the molecule is CCCCCCCCNC(N)=NCc1ccc(Cn2ccccc2=O)cc1.I. The monoisotopic (exact) mass is 496 g/mol. The molecule has 3 N–H and O–H groups in total. The standard InChI is InChI=1S/C22H32N4O.HI/c1-2-3-4-5-6-8-15-24-22(23)25-17-19-11-13-20(14-12-19)18-26-16-9-7-10-21(26)27;/h7,9-14,16H,2-6,8,15,17-18H2,1H3,(H3,23,24,25);1H. The molecular weight excluding hydrogens is 463 g/mol. The van der Waals surface area contributed by atoms with Gasteiger partial charge in [-0.3, -0.25) is 4.79 Å². The zero-order valence-corrected chi connectivity index (χ0v) is 19.1. The van der Waals surface area contributed by atoms with E-state index in [1.807, 2.05) is 30.3 Å². The van der Waals surface area contributed by atoms with Crippen LogP contribution in [0.4, 0.5) is 0 Å². The van der Waals surface area contributed by atoms with E-state index >= 15 is 0 Å². The fourth-order valence-electron chi connectivity index (χ4n) is 2.89. The maximum Gasteiger partial charge on any atom is 0.250 e. The van der Waals surface area contributed by atoms with Gasteiger partial charge in [-0.15, -0.1) is 24.0 Å². The Hall–Kier alpha value is -1.83. The van der Waals surface area contributed by atoms with Crippen LogP contribution in [0.15, 0.2) is 58.4 Å². The predicted molar refractivity (Wildman–Crippen MR) is 128 cm³/mol. The maximum absolute atomic E-state index is 11.8. The molecule has 2 rings (SSSR count). The highest BCUT2D eigenvalue weighted by molar-refractivity contribution is 14.0. The minimum Gasteiger partial charge on any atom is -0.370 e. The van der Waals surface area contributed by atoms with Gasteiger partial charge in [0.05, 0.1) is 13.1 Å². The number of benzene rings is 1. The fourth-order valence-corrected chi connectivity index (χ4v) is 2.89. The summed E-state index contributed by atoms with van der Waals surface area (Å²) in [7, 11) is 0. The summed E-state index contributed by atoms with van der Waals surface area (Å²) in [6, 6.07) is 13.3. The van der Waals surface area contributed by atoms with E-state index in [1.165, 1.54) is 32.1 Å². The molecule has 0 bridgehead atoms. The first-order valence-corrected chi connectivity index (χ1v) is 9.96. The number of rotatable bonds is 11. The quantitative estimate of drug-likeness (QED) is 0.211. The molecule has 0 radical (unpaired) electrons. The Balaban J connectivity index is 0.00000392. The highest BCUT2D eigenvalue weighted by atomic mass is 127. The third-order valence-electron chi connectivity index (χ3n) is 4.54. The number of aliphatic imine (C=N–C) groups is 1. The molecule has 0 atom stereocenters. The molecule has 2 aromatic rings. The number of guanidine groups is 1. The van der Waals surface area contributed by atoms with Crippen LogP contribution in [0.1, 0.15) is 56.6 Å². The maximum atomic E-state index is 11.8. The molecule has 1 aromatic carbocycles.